The van der Waals surface area contributed by atoms with Crippen LogP contribution in [0.15, 0.2) is 15.8 Å². The van der Waals surface area contributed by atoms with E-state index in [-0.39, 0.29) is 18.5 Å². The zero-order chi connectivity index (χ0) is 18.7. The number of aliphatic hydroxyl groups excluding tert-OH is 2. The predicted molar refractivity (Wildman–Crippen MR) is 83.1 cm³/mol. The Morgan fingerprint density at radius 1 is 1.52 bits per heavy atom. The van der Waals surface area contributed by atoms with Crippen LogP contribution in [0.2, 0.25) is 0 Å². The second kappa shape index (κ2) is 7.89. The number of hydrogen-bond acceptors (Lipinski definition) is 8. The van der Waals surface area contributed by atoms with Gasteiger partial charge in [0.25, 0.3) is 5.56 Å². The molecule has 2 heterocycles. The molecule has 1 saturated heterocycles. The molecule has 0 aliphatic carbocycles. The lowest BCUT2D eigenvalue weighted by Gasteiger charge is -2.19. The number of carboxylic acids is 1. The Morgan fingerprint density at radius 3 is 2.76 bits per heavy atom. The second-order valence-electron chi connectivity index (χ2n) is 5.71. The minimum absolute atomic E-state index is 0.0188. The number of aromatic amines is 1. The molecule has 0 saturated carbocycles. The molecule has 2 rings (SSSR count). The van der Waals surface area contributed by atoms with E-state index in [4.69, 9.17) is 20.3 Å². The molecule has 1 aromatic heterocycles. The lowest BCUT2D eigenvalue weighted by molar-refractivity contribution is -0.138. The van der Waals surface area contributed by atoms with Crippen molar-refractivity contribution in [3.63, 3.8) is 0 Å². The number of aliphatic hydroxyl groups is 2. The van der Waals surface area contributed by atoms with E-state index < -0.39 is 54.3 Å². The Bertz CT molecular complexity index is 730. The number of carboxylic acid groups (broad SMARTS) is 1. The van der Waals surface area contributed by atoms with Gasteiger partial charge in [-0.3, -0.25) is 14.2 Å². The molecular weight excluding hydrogens is 338 g/mol. The van der Waals surface area contributed by atoms with Crippen LogP contribution in [0.5, 0.6) is 0 Å². The zero-order valence-corrected chi connectivity index (χ0v) is 13.5. The van der Waals surface area contributed by atoms with Crippen molar-refractivity contribution >= 4 is 5.97 Å². The largest absolute Gasteiger partial charge is 0.480 e. The van der Waals surface area contributed by atoms with Gasteiger partial charge >= 0.3 is 11.7 Å². The molecule has 0 spiro atoms. The van der Waals surface area contributed by atoms with Gasteiger partial charge in [-0.25, -0.2) is 4.79 Å². The summed E-state index contributed by atoms with van der Waals surface area (Å²) in [6.45, 7) is -0.672. The average molecular weight is 359 g/mol. The lowest BCUT2D eigenvalue weighted by atomic mass is 10.0. The smallest absolute Gasteiger partial charge is 0.328 e. The number of aliphatic carboxylic acids is 1. The number of carbonyl (C=O) groups is 1. The maximum atomic E-state index is 12.6. The Morgan fingerprint density at radius 2 is 2.20 bits per heavy atom. The third-order valence-electron chi connectivity index (χ3n) is 4.17. The molecule has 5 atom stereocenters. The Kier molecular flexibility index (Phi) is 6.08. The van der Waals surface area contributed by atoms with Gasteiger partial charge in [0.15, 0.2) is 0 Å². The number of methoxy groups -OCH3 is 1. The molecule has 0 bridgehead atoms. The van der Waals surface area contributed by atoms with Crippen molar-refractivity contribution in [2.75, 3.05) is 13.7 Å². The van der Waals surface area contributed by atoms with E-state index in [1.54, 1.807) is 0 Å². The van der Waals surface area contributed by atoms with Crippen molar-refractivity contribution < 1.29 is 29.6 Å². The lowest BCUT2D eigenvalue weighted by Crippen LogP contribution is -2.41. The number of hydrogen-bond donors (Lipinski definition) is 5. The second-order valence-corrected chi connectivity index (χ2v) is 5.71. The van der Waals surface area contributed by atoms with Crippen molar-refractivity contribution in [2.24, 2.45) is 5.73 Å². The third-order valence-corrected chi connectivity index (χ3v) is 4.17. The van der Waals surface area contributed by atoms with E-state index in [9.17, 15) is 24.6 Å². The Labute approximate surface area is 141 Å². The van der Waals surface area contributed by atoms with Gasteiger partial charge in [0.2, 0.25) is 0 Å². The van der Waals surface area contributed by atoms with E-state index in [1.807, 2.05) is 0 Å². The van der Waals surface area contributed by atoms with Crippen molar-refractivity contribution in [3.05, 3.63) is 32.6 Å². The summed E-state index contributed by atoms with van der Waals surface area (Å²) in [5.74, 6) is -1.24. The molecule has 0 amide bonds. The number of H-pyrrole nitrogens is 1. The number of nitrogens with two attached hydrogens (primary N) is 1. The van der Waals surface area contributed by atoms with Crippen LogP contribution in [-0.4, -0.2) is 68.9 Å². The van der Waals surface area contributed by atoms with Crippen molar-refractivity contribution in [2.45, 2.75) is 43.4 Å². The summed E-state index contributed by atoms with van der Waals surface area (Å²) in [7, 11) is 1.32. The number of aromatic nitrogens is 2. The molecule has 1 fully saturated rings. The third kappa shape index (κ3) is 3.80. The van der Waals surface area contributed by atoms with Crippen LogP contribution in [-0.2, 0) is 20.8 Å². The van der Waals surface area contributed by atoms with Gasteiger partial charge in [0.1, 0.15) is 30.5 Å². The molecule has 0 aromatic carbocycles. The van der Waals surface area contributed by atoms with Crippen LogP contribution < -0.4 is 17.0 Å². The summed E-state index contributed by atoms with van der Waals surface area (Å²) < 4.78 is 11.4. The Hall–Kier alpha value is -2.05. The standard InChI is InChI=1S/C14H21N3O8/c1-24-11-9(19)8(5-18)25-10(11)6-4-16-14(23)17(12(6)20)3-2-7(15)13(21)22/h4,7-11,18-19H,2-3,5,15H2,1H3,(H,16,23)(H,21,22)/t7?,8-,9-,10+,11-/m1/s1. The van der Waals surface area contributed by atoms with Crippen LogP contribution in [0, 0.1) is 0 Å². The van der Waals surface area contributed by atoms with Crippen molar-refractivity contribution in [3.8, 4) is 0 Å². The highest BCUT2D eigenvalue weighted by atomic mass is 16.6. The quantitative estimate of drug-likeness (QED) is 0.343. The fraction of sp³-hybridized carbons (Fsp3) is 0.643. The van der Waals surface area contributed by atoms with E-state index >= 15 is 0 Å². The van der Waals surface area contributed by atoms with E-state index in [0.29, 0.717) is 0 Å². The molecule has 11 heteroatoms. The molecule has 140 valence electrons. The molecule has 1 aromatic rings. The molecule has 11 nitrogen and oxygen atoms in total. The van der Waals surface area contributed by atoms with Gasteiger partial charge in [-0.1, -0.05) is 0 Å². The summed E-state index contributed by atoms with van der Waals surface area (Å²) in [6, 6.07) is -1.22. The van der Waals surface area contributed by atoms with Crippen molar-refractivity contribution in [1.82, 2.24) is 9.55 Å². The van der Waals surface area contributed by atoms with E-state index in [1.165, 1.54) is 7.11 Å². The monoisotopic (exact) mass is 359 g/mol. The molecule has 25 heavy (non-hydrogen) atoms. The summed E-state index contributed by atoms with van der Waals surface area (Å²) >= 11 is 0. The van der Waals surface area contributed by atoms with Gasteiger partial charge in [0, 0.05) is 19.9 Å². The topological polar surface area (TPSA) is 177 Å². The summed E-state index contributed by atoms with van der Waals surface area (Å²) in [5.41, 5.74) is 3.98. The minimum atomic E-state index is -1.24. The number of nitrogens with one attached hydrogen (secondary N) is 1. The summed E-state index contributed by atoms with van der Waals surface area (Å²) in [5, 5.41) is 28.1. The van der Waals surface area contributed by atoms with Gasteiger partial charge in [-0.2, -0.15) is 0 Å². The van der Waals surface area contributed by atoms with Gasteiger partial charge in [-0.05, 0) is 6.42 Å². The first-order chi connectivity index (χ1) is 11.8. The summed E-state index contributed by atoms with van der Waals surface area (Å²) in [4.78, 5) is 37.6. The SMILES string of the molecule is CO[C@@H]1[C@H](O)[C@@H](CO)O[C@H]1c1c[nH]c(=O)n(CCC(N)C(=O)O)c1=O. The highest BCUT2D eigenvalue weighted by Crippen LogP contribution is 2.33. The molecule has 0 radical (unpaired) electrons. The molecule has 1 unspecified atom stereocenters. The zero-order valence-electron chi connectivity index (χ0n) is 13.5. The van der Waals surface area contributed by atoms with Crippen LogP contribution in [0.25, 0.3) is 0 Å². The van der Waals surface area contributed by atoms with Crippen LogP contribution in [0.1, 0.15) is 18.1 Å². The van der Waals surface area contributed by atoms with Gasteiger partial charge in [-0.15, -0.1) is 0 Å². The first-order valence-electron chi connectivity index (χ1n) is 7.59. The maximum absolute atomic E-state index is 12.6. The first kappa shape index (κ1) is 19.3. The van der Waals surface area contributed by atoms with E-state index in [2.05, 4.69) is 4.98 Å². The highest BCUT2D eigenvalue weighted by Gasteiger charge is 2.45. The van der Waals surface area contributed by atoms with E-state index in [0.717, 1.165) is 10.8 Å². The van der Waals surface area contributed by atoms with Crippen LogP contribution >= 0.6 is 0 Å². The normalized spacial score (nSPS) is 27.4. The maximum Gasteiger partial charge on any atom is 0.328 e. The fourth-order valence-electron chi connectivity index (χ4n) is 2.73. The Balaban J connectivity index is 2.34. The highest BCUT2D eigenvalue weighted by molar-refractivity contribution is 5.72. The number of nitrogens with zero attached hydrogens (tertiary/aromatic N) is 1. The fourth-order valence-corrected chi connectivity index (χ4v) is 2.73. The molecule has 6 N–H and O–H groups in total. The average Bonchev–Trinajstić information content (AvgIpc) is 2.89. The molecule has 1 aliphatic rings. The van der Waals surface area contributed by atoms with Crippen LogP contribution in [0.4, 0.5) is 0 Å². The van der Waals surface area contributed by atoms with Gasteiger partial charge < -0.3 is 35.5 Å². The molecular formula is C14H21N3O8. The summed E-state index contributed by atoms with van der Waals surface area (Å²) in [6.07, 6.45) is -2.97. The number of rotatable bonds is 7. The van der Waals surface area contributed by atoms with Crippen LogP contribution in [0.3, 0.4) is 0 Å². The predicted octanol–water partition coefficient (Wildman–Crippen LogP) is -2.85. The molecule has 1 aliphatic heterocycles. The minimum Gasteiger partial charge on any atom is -0.480 e. The van der Waals surface area contributed by atoms with Crippen molar-refractivity contribution in [1.29, 1.82) is 0 Å². The number of ether oxygens (including phenoxy) is 2. The first-order valence-corrected chi connectivity index (χ1v) is 7.59. The van der Waals surface area contributed by atoms with Gasteiger partial charge in [0.05, 0.1) is 12.2 Å².